The minimum atomic E-state index is -0.603. The highest BCUT2D eigenvalue weighted by Gasteiger charge is 2.18. The largest absolute Gasteiger partial charge is 0.458 e. The molecule has 19 heavy (non-hydrogen) atoms. The van der Waals surface area contributed by atoms with Crippen LogP contribution in [0.3, 0.4) is 0 Å². The molecule has 0 fully saturated rings. The number of fused-ring (bicyclic) bond motifs is 1. The van der Waals surface area contributed by atoms with Crippen molar-refractivity contribution in [2.24, 2.45) is 5.92 Å². The fourth-order valence-electron chi connectivity index (χ4n) is 2.38. The SMILES string of the molecule is Cc1c(C(O)CCCC(C)C)oc2ccc(F)cc12. The Morgan fingerprint density at radius 2 is 2.00 bits per heavy atom. The standard InChI is InChI=1S/C16H21FO2/c1-10(2)5-4-6-14(18)16-11(3)13-9-12(17)7-8-15(13)19-16/h7-10,14,18H,4-6H2,1-3H3. The fourth-order valence-corrected chi connectivity index (χ4v) is 2.38. The van der Waals surface area contributed by atoms with Crippen molar-refractivity contribution in [2.45, 2.75) is 46.1 Å². The Labute approximate surface area is 113 Å². The van der Waals surface area contributed by atoms with Crippen molar-refractivity contribution in [2.75, 3.05) is 0 Å². The van der Waals surface area contributed by atoms with E-state index < -0.39 is 6.10 Å². The van der Waals surface area contributed by atoms with E-state index in [-0.39, 0.29) is 5.82 Å². The molecule has 104 valence electrons. The van der Waals surface area contributed by atoms with Crippen LogP contribution in [-0.2, 0) is 0 Å². The third kappa shape index (κ3) is 3.16. The predicted octanol–water partition coefficient (Wildman–Crippen LogP) is 4.74. The van der Waals surface area contributed by atoms with E-state index in [1.54, 1.807) is 6.07 Å². The molecular weight excluding hydrogens is 243 g/mol. The molecule has 0 aliphatic heterocycles. The van der Waals surface area contributed by atoms with Gasteiger partial charge in [0, 0.05) is 10.9 Å². The van der Waals surface area contributed by atoms with Gasteiger partial charge in [-0.15, -0.1) is 0 Å². The van der Waals surface area contributed by atoms with Gasteiger partial charge in [-0.1, -0.05) is 26.7 Å². The van der Waals surface area contributed by atoms with Crippen molar-refractivity contribution < 1.29 is 13.9 Å². The van der Waals surface area contributed by atoms with E-state index in [1.165, 1.54) is 12.1 Å². The van der Waals surface area contributed by atoms with E-state index in [0.29, 0.717) is 23.7 Å². The first kappa shape index (κ1) is 14.1. The smallest absolute Gasteiger partial charge is 0.136 e. The van der Waals surface area contributed by atoms with Crippen LogP contribution in [0.1, 0.15) is 50.5 Å². The molecule has 0 spiro atoms. The van der Waals surface area contributed by atoms with Gasteiger partial charge in [0.1, 0.15) is 23.3 Å². The number of hydrogen-bond acceptors (Lipinski definition) is 2. The van der Waals surface area contributed by atoms with Gasteiger partial charge in [0.2, 0.25) is 0 Å². The number of aliphatic hydroxyl groups is 1. The normalized spacial score (nSPS) is 13.4. The Kier molecular flexibility index (Phi) is 4.25. The maximum atomic E-state index is 13.2. The minimum absolute atomic E-state index is 0.280. The van der Waals surface area contributed by atoms with Crippen LogP contribution in [-0.4, -0.2) is 5.11 Å². The Balaban J connectivity index is 2.18. The molecule has 0 amide bonds. The molecule has 0 bridgehead atoms. The Bertz CT molecular complexity index is 557. The second-order valence-electron chi connectivity index (χ2n) is 5.57. The summed E-state index contributed by atoms with van der Waals surface area (Å²) in [4.78, 5) is 0. The van der Waals surface area contributed by atoms with Crippen LogP contribution in [0.5, 0.6) is 0 Å². The summed E-state index contributed by atoms with van der Waals surface area (Å²) < 4.78 is 18.9. The fraction of sp³-hybridized carbons (Fsp3) is 0.500. The molecule has 1 unspecified atom stereocenters. The van der Waals surface area contributed by atoms with Crippen LogP contribution in [0.25, 0.3) is 11.0 Å². The summed E-state index contributed by atoms with van der Waals surface area (Å²) in [6, 6.07) is 4.45. The highest BCUT2D eigenvalue weighted by atomic mass is 19.1. The minimum Gasteiger partial charge on any atom is -0.458 e. The Morgan fingerprint density at radius 1 is 1.26 bits per heavy atom. The second-order valence-corrected chi connectivity index (χ2v) is 5.57. The van der Waals surface area contributed by atoms with Gasteiger partial charge in [0.25, 0.3) is 0 Å². The molecule has 1 N–H and O–H groups in total. The number of aryl methyl sites for hydroxylation is 1. The zero-order chi connectivity index (χ0) is 14.0. The summed E-state index contributed by atoms with van der Waals surface area (Å²) in [6.45, 7) is 6.20. The molecule has 0 saturated heterocycles. The van der Waals surface area contributed by atoms with Crippen LogP contribution in [0.2, 0.25) is 0 Å². The van der Waals surface area contributed by atoms with Crippen LogP contribution >= 0.6 is 0 Å². The summed E-state index contributed by atoms with van der Waals surface area (Å²) >= 11 is 0. The van der Waals surface area contributed by atoms with Gasteiger partial charge in [-0.25, -0.2) is 4.39 Å². The molecule has 1 atom stereocenters. The van der Waals surface area contributed by atoms with Crippen LogP contribution < -0.4 is 0 Å². The predicted molar refractivity (Wildman–Crippen MR) is 74.6 cm³/mol. The van der Waals surface area contributed by atoms with E-state index in [1.807, 2.05) is 6.92 Å². The van der Waals surface area contributed by atoms with E-state index in [9.17, 15) is 9.50 Å². The molecule has 2 nitrogen and oxygen atoms in total. The summed E-state index contributed by atoms with van der Waals surface area (Å²) in [5.41, 5.74) is 1.48. The van der Waals surface area contributed by atoms with Crippen LogP contribution in [0, 0.1) is 18.7 Å². The maximum Gasteiger partial charge on any atom is 0.136 e. The lowest BCUT2D eigenvalue weighted by Gasteiger charge is -2.10. The molecule has 0 saturated carbocycles. The number of aliphatic hydroxyl groups excluding tert-OH is 1. The molecule has 0 radical (unpaired) electrons. The summed E-state index contributed by atoms with van der Waals surface area (Å²) in [6.07, 6.45) is 2.13. The van der Waals surface area contributed by atoms with Crippen molar-refractivity contribution >= 4 is 11.0 Å². The summed E-state index contributed by atoms with van der Waals surface area (Å²) in [5, 5.41) is 10.9. The number of hydrogen-bond donors (Lipinski definition) is 1. The Hall–Kier alpha value is -1.35. The second kappa shape index (κ2) is 5.74. The van der Waals surface area contributed by atoms with Crippen LogP contribution in [0.15, 0.2) is 22.6 Å². The highest BCUT2D eigenvalue weighted by molar-refractivity contribution is 5.82. The van der Waals surface area contributed by atoms with Crippen molar-refractivity contribution in [3.63, 3.8) is 0 Å². The summed E-state index contributed by atoms with van der Waals surface area (Å²) in [7, 11) is 0. The third-order valence-corrected chi connectivity index (χ3v) is 3.50. The summed E-state index contributed by atoms with van der Waals surface area (Å²) in [5.74, 6) is 0.930. The van der Waals surface area contributed by atoms with Gasteiger partial charge in [-0.3, -0.25) is 0 Å². The number of furan rings is 1. The van der Waals surface area contributed by atoms with Crippen molar-refractivity contribution in [3.8, 4) is 0 Å². The molecule has 0 aliphatic carbocycles. The number of benzene rings is 1. The average molecular weight is 264 g/mol. The van der Waals surface area contributed by atoms with Gasteiger partial charge >= 0.3 is 0 Å². The van der Waals surface area contributed by atoms with Gasteiger partial charge < -0.3 is 9.52 Å². The van der Waals surface area contributed by atoms with Crippen molar-refractivity contribution in [3.05, 3.63) is 35.3 Å². The lowest BCUT2D eigenvalue weighted by molar-refractivity contribution is 0.137. The monoisotopic (exact) mass is 264 g/mol. The first-order chi connectivity index (χ1) is 8.99. The molecule has 1 heterocycles. The lowest BCUT2D eigenvalue weighted by Crippen LogP contribution is -1.99. The molecule has 1 aromatic heterocycles. The first-order valence-electron chi connectivity index (χ1n) is 6.85. The van der Waals surface area contributed by atoms with Crippen LogP contribution in [0.4, 0.5) is 4.39 Å². The molecule has 0 aliphatic rings. The topological polar surface area (TPSA) is 33.4 Å². The molecule has 1 aromatic carbocycles. The van der Waals surface area contributed by atoms with Crippen molar-refractivity contribution in [1.29, 1.82) is 0 Å². The quantitative estimate of drug-likeness (QED) is 0.846. The zero-order valence-corrected chi connectivity index (χ0v) is 11.7. The van der Waals surface area contributed by atoms with Gasteiger partial charge in [0.15, 0.2) is 0 Å². The third-order valence-electron chi connectivity index (χ3n) is 3.50. The number of rotatable bonds is 5. The molecule has 2 aromatic rings. The van der Waals surface area contributed by atoms with E-state index in [0.717, 1.165) is 23.8 Å². The first-order valence-corrected chi connectivity index (χ1v) is 6.85. The Morgan fingerprint density at radius 3 is 2.68 bits per heavy atom. The molecule has 2 rings (SSSR count). The van der Waals surface area contributed by atoms with Gasteiger partial charge in [-0.2, -0.15) is 0 Å². The number of halogens is 1. The molecule has 3 heteroatoms. The zero-order valence-electron chi connectivity index (χ0n) is 11.7. The lowest BCUT2D eigenvalue weighted by atomic mass is 10.0. The highest BCUT2D eigenvalue weighted by Crippen LogP contribution is 2.32. The van der Waals surface area contributed by atoms with E-state index in [4.69, 9.17) is 4.42 Å². The van der Waals surface area contributed by atoms with Crippen molar-refractivity contribution in [1.82, 2.24) is 0 Å². The average Bonchev–Trinajstić information content (AvgIpc) is 2.66. The van der Waals surface area contributed by atoms with E-state index >= 15 is 0 Å². The maximum absolute atomic E-state index is 13.2. The molecular formula is C16H21FO2. The van der Waals surface area contributed by atoms with E-state index in [2.05, 4.69) is 13.8 Å². The van der Waals surface area contributed by atoms with Gasteiger partial charge in [-0.05, 0) is 37.5 Å². The van der Waals surface area contributed by atoms with Gasteiger partial charge in [0.05, 0.1) is 0 Å².